The zero-order chi connectivity index (χ0) is 21.3. The highest BCUT2D eigenvalue weighted by Crippen LogP contribution is 2.44. The van der Waals surface area contributed by atoms with Gasteiger partial charge in [-0.25, -0.2) is 9.37 Å². The number of fused-ring (bicyclic) bond motifs is 1. The van der Waals surface area contributed by atoms with Gasteiger partial charge in [-0.3, -0.25) is 9.09 Å². The highest BCUT2D eigenvalue weighted by molar-refractivity contribution is 8.00. The topological polar surface area (TPSA) is 109 Å². The third-order valence-corrected chi connectivity index (χ3v) is 5.94. The van der Waals surface area contributed by atoms with Gasteiger partial charge in [-0.05, 0) is 12.1 Å². The fraction of sp³-hybridized carbons (Fsp3) is 0.389. The van der Waals surface area contributed by atoms with Crippen molar-refractivity contribution in [1.29, 1.82) is 0 Å². The third kappa shape index (κ3) is 4.20. The second kappa shape index (κ2) is 8.35. The quantitative estimate of drug-likeness (QED) is 0.521. The van der Waals surface area contributed by atoms with E-state index in [1.54, 1.807) is 30.1 Å². The van der Waals surface area contributed by atoms with Crippen molar-refractivity contribution in [3.63, 3.8) is 0 Å². The highest BCUT2D eigenvalue weighted by atomic mass is 32.4. The molecule has 0 bridgehead atoms. The molecule has 1 aliphatic heterocycles. The van der Waals surface area contributed by atoms with Crippen molar-refractivity contribution in [2.45, 2.75) is 25.4 Å². The van der Waals surface area contributed by atoms with Crippen LogP contribution in [0.4, 0.5) is 16.2 Å². The maximum absolute atomic E-state index is 15.4. The van der Waals surface area contributed by atoms with Crippen LogP contribution in [-0.2, 0) is 21.1 Å². The predicted octanol–water partition coefficient (Wildman–Crippen LogP) is 3.54. The van der Waals surface area contributed by atoms with Gasteiger partial charge in [-0.2, -0.15) is 9.97 Å². The lowest BCUT2D eigenvalue weighted by Gasteiger charge is -2.19. The summed E-state index contributed by atoms with van der Waals surface area (Å²) in [4.78, 5) is 12.7. The monoisotopic (exact) mass is 451 g/mol. The molecule has 1 fully saturated rings. The summed E-state index contributed by atoms with van der Waals surface area (Å²) in [6, 6.07) is 9.03. The Hall–Kier alpha value is -2.46. The summed E-state index contributed by atoms with van der Waals surface area (Å²) in [5.74, 6) is -1.02. The van der Waals surface area contributed by atoms with E-state index in [2.05, 4.69) is 20.3 Å². The molecule has 0 spiro atoms. The molecule has 158 valence electrons. The summed E-state index contributed by atoms with van der Waals surface area (Å²) in [6.07, 6.45) is 1.04. The van der Waals surface area contributed by atoms with Crippen LogP contribution in [-0.4, -0.2) is 39.0 Å². The third-order valence-electron chi connectivity index (χ3n) is 4.70. The molecule has 3 heterocycles. The minimum absolute atomic E-state index is 0.0869. The van der Waals surface area contributed by atoms with Gasteiger partial charge in [-0.15, -0.1) is 4.52 Å². The smallest absolute Gasteiger partial charge is 0.371 e. The number of hydrogen-bond donors (Lipinski definition) is 2. The highest BCUT2D eigenvalue weighted by Gasteiger charge is 2.48. The van der Waals surface area contributed by atoms with Crippen molar-refractivity contribution in [1.82, 2.24) is 19.5 Å². The molecule has 1 aliphatic rings. The zero-order valence-corrected chi connectivity index (χ0v) is 18.1. The average molecular weight is 451 g/mol. The first kappa shape index (κ1) is 20.8. The molecule has 0 amide bonds. The first-order chi connectivity index (χ1) is 14.4. The number of nitrogens with one attached hydrogen (secondary N) is 1. The number of imidazole rings is 1. The fourth-order valence-electron chi connectivity index (χ4n) is 3.42. The Balaban J connectivity index is 1.47. The molecule has 1 saturated heterocycles. The van der Waals surface area contributed by atoms with Gasteiger partial charge in [0.05, 0.1) is 6.33 Å². The second-order valence-corrected chi connectivity index (χ2v) is 8.76. The van der Waals surface area contributed by atoms with Crippen LogP contribution in [0.25, 0.3) is 11.2 Å². The van der Waals surface area contributed by atoms with Crippen molar-refractivity contribution >= 4 is 41.9 Å². The number of benzene rings is 1. The summed E-state index contributed by atoms with van der Waals surface area (Å²) in [5, 5.41) is 2.93. The van der Waals surface area contributed by atoms with E-state index in [-0.39, 0.29) is 24.9 Å². The van der Waals surface area contributed by atoms with E-state index in [0.717, 1.165) is 0 Å². The number of hydrogen-bond acceptors (Lipinski definition) is 9. The van der Waals surface area contributed by atoms with Gasteiger partial charge >= 0.3 is 7.15 Å². The van der Waals surface area contributed by atoms with Gasteiger partial charge in [0.2, 0.25) is 23.6 Å². The number of aromatic nitrogens is 4. The molecule has 0 aliphatic carbocycles. The molecule has 9 nitrogen and oxygen atoms in total. The van der Waals surface area contributed by atoms with E-state index in [4.69, 9.17) is 31.3 Å². The summed E-state index contributed by atoms with van der Waals surface area (Å²) in [7, 11) is -0.00709. The Morgan fingerprint density at radius 3 is 2.90 bits per heavy atom. The van der Waals surface area contributed by atoms with Gasteiger partial charge < -0.3 is 15.8 Å². The number of alkyl halides is 1. The van der Waals surface area contributed by atoms with Crippen molar-refractivity contribution < 1.29 is 18.2 Å². The average Bonchev–Trinajstić information content (AvgIpc) is 3.27. The van der Waals surface area contributed by atoms with Gasteiger partial charge in [0.1, 0.15) is 6.23 Å². The fourth-order valence-corrected chi connectivity index (χ4v) is 4.48. The Labute approximate surface area is 178 Å². The summed E-state index contributed by atoms with van der Waals surface area (Å²) < 4.78 is 33.8. The summed E-state index contributed by atoms with van der Waals surface area (Å²) in [6.45, 7) is 1.56. The Bertz CT molecular complexity index is 1070. The Kier molecular flexibility index (Phi) is 5.79. The molecular formula is C18H21FN6O3PS+. The standard InChI is InChI=1S/C18H21FN6O3PS/c1-11-8-18(19,9-26-29(30)28-12-6-4-3-5-7-12)27-16(11)25-10-22-13-14(21-2)23-17(20)24-15(13)25/h3-7,10-11,16H,8-9H2,1-2H3,(H3,20,21,23,24)/q+1/t11-,16+,18-/m0/s1. The van der Waals surface area contributed by atoms with E-state index in [1.165, 1.54) is 0 Å². The molecule has 12 heteroatoms. The van der Waals surface area contributed by atoms with Crippen LogP contribution >= 0.6 is 7.15 Å². The molecule has 1 aromatic carbocycles. The maximum Gasteiger partial charge on any atom is 0.574 e. The Morgan fingerprint density at radius 2 is 2.17 bits per heavy atom. The van der Waals surface area contributed by atoms with Crippen LogP contribution < -0.4 is 15.6 Å². The first-order valence-electron chi connectivity index (χ1n) is 9.26. The molecule has 2 aromatic heterocycles. The van der Waals surface area contributed by atoms with E-state index in [1.807, 2.05) is 25.1 Å². The normalized spacial score (nSPS) is 24.2. The van der Waals surface area contributed by atoms with Crippen LogP contribution in [0.15, 0.2) is 36.7 Å². The first-order valence-corrected chi connectivity index (χ1v) is 11.5. The van der Waals surface area contributed by atoms with Crippen molar-refractivity contribution in [3.8, 4) is 5.75 Å². The number of rotatable bonds is 7. The van der Waals surface area contributed by atoms with Gasteiger partial charge in [0.25, 0.3) is 0 Å². The molecule has 0 radical (unpaired) electrons. The van der Waals surface area contributed by atoms with Gasteiger partial charge in [-0.1, -0.05) is 25.1 Å². The largest absolute Gasteiger partial charge is 0.574 e. The molecule has 0 saturated carbocycles. The number of halogens is 1. The molecule has 4 rings (SSSR count). The van der Waals surface area contributed by atoms with E-state index < -0.39 is 19.2 Å². The lowest BCUT2D eigenvalue weighted by Crippen LogP contribution is -2.28. The Morgan fingerprint density at radius 1 is 1.40 bits per heavy atom. The number of ether oxygens (including phenoxy) is 1. The lowest BCUT2D eigenvalue weighted by molar-refractivity contribution is -0.172. The number of nitrogens with two attached hydrogens (primary N) is 1. The number of para-hydroxylation sites is 1. The molecule has 3 N–H and O–H groups in total. The van der Waals surface area contributed by atoms with Crippen molar-refractivity contribution in [3.05, 3.63) is 36.7 Å². The molecular weight excluding hydrogens is 430 g/mol. The summed E-state index contributed by atoms with van der Waals surface area (Å²) >= 11 is 5.19. The maximum atomic E-state index is 15.4. The summed E-state index contributed by atoms with van der Waals surface area (Å²) in [5.41, 5.74) is 6.79. The lowest BCUT2D eigenvalue weighted by atomic mass is 10.1. The van der Waals surface area contributed by atoms with Gasteiger partial charge in [0.15, 0.2) is 29.3 Å². The number of anilines is 2. The minimum Gasteiger partial charge on any atom is -0.371 e. The number of nitrogen functional groups attached to an aromatic ring is 1. The van der Waals surface area contributed by atoms with Crippen LogP contribution in [0.5, 0.6) is 5.75 Å². The minimum atomic E-state index is -2.01. The van der Waals surface area contributed by atoms with Crippen LogP contribution in [0.1, 0.15) is 19.6 Å². The second-order valence-electron chi connectivity index (χ2n) is 6.98. The van der Waals surface area contributed by atoms with Gasteiger partial charge in [0, 0.05) is 19.4 Å². The van der Waals surface area contributed by atoms with E-state index in [9.17, 15) is 0 Å². The zero-order valence-electron chi connectivity index (χ0n) is 16.4. The van der Waals surface area contributed by atoms with Crippen LogP contribution in [0.2, 0.25) is 0 Å². The predicted molar refractivity (Wildman–Crippen MR) is 114 cm³/mol. The van der Waals surface area contributed by atoms with Crippen LogP contribution in [0, 0.1) is 5.92 Å². The molecule has 3 aromatic rings. The molecule has 4 atom stereocenters. The molecule has 30 heavy (non-hydrogen) atoms. The van der Waals surface area contributed by atoms with E-state index >= 15 is 4.39 Å². The number of nitrogens with zero attached hydrogens (tertiary/aromatic N) is 4. The van der Waals surface area contributed by atoms with Crippen molar-refractivity contribution in [2.24, 2.45) is 5.92 Å². The SMILES string of the molecule is CNc1nc(N)nc2c1ncn2[C@@H]1O[C@](F)(CO[P+](=S)Oc2ccccc2)C[C@@H]1C. The van der Waals surface area contributed by atoms with Crippen molar-refractivity contribution in [2.75, 3.05) is 24.7 Å². The molecule has 1 unspecified atom stereocenters. The van der Waals surface area contributed by atoms with E-state index in [0.29, 0.717) is 22.7 Å². The van der Waals surface area contributed by atoms with Crippen LogP contribution in [0.3, 0.4) is 0 Å².